The van der Waals surface area contributed by atoms with Crippen LogP contribution in [0.2, 0.25) is 0 Å². The standard InChI is InChI=1S/C20H23N5O2S2/c1-14-23-24-20(28-14)29-18-13-16(15-5-2-3-6-17(15)22-18)19(26)21-7-4-8-25-9-11-27-12-10-25/h2-3,5-6,13H,4,7-12H2,1H3,(H,21,26). The van der Waals surface area contributed by atoms with Crippen molar-refractivity contribution in [1.82, 2.24) is 25.4 Å². The number of nitrogens with one attached hydrogen (secondary N) is 1. The number of morpholine rings is 1. The molecule has 0 aliphatic carbocycles. The summed E-state index contributed by atoms with van der Waals surface area (Å²) >= 11 is 2.96. The van der Waals surface area contributed by atoms with Crippen molar-refractivity contribution in [3.8, 4) is 0 Å². The van der Waals surface area contributed by atoms with Gasteiger partial charge in [-0.25, -0.2) is 4.98 Å². The van der Waals surface area contributed by atoms with Gasteiger partial charge in [0.1, 0.15) is 10.0 Å². The van der Waals surface area contributed by atoms with Gasteiger partial charge in [-0.1, -0.05) is 29.5 Å². The third-order valence-corrected chi connectivity index (χ3v) is 6.48. The maximum absolute atomic E-state index is 12.9. The summed E-state index contributed by atoms with van der Waals surface area (Å²) in [5, 5.41) is 13.8. The van der Waals surface area contributed by atoms with Crippen molar-refractivity contribution in [1.29, 1.82) is 0 Å². The highest BCUT2D eigenvalue weighted by Crippen LogP contribution is 2.31. The molecule has 1 amide bonds. The molecule has 1 saturated heterocycles. The van der Waals surface area contributed by atoms with Gasteiger partial charge in [-0.05, 0) is 43.8 Å². The summed E-state index contributed by atoms with van der Waals surface area (Å²) in [6, 6.07) is 9.58. The zero-order valence-electron chi connectivity index (χ0n) is 16.3. The third-order valence-electron chi connectivity index (χ3n) is 4.68. The number of aromatic nitrogens is 3. The topological polar surface area (TPSA) is 80.2 Å². The molecule has 1 N–H and O–H groups in total. The summed E-state index contributed by atoms with van der Waals surface area (Å²) in [6.45, 7) is 7.06. The minimum absolute atomic E-state index is 0.0686. The number of hydrogen-bond donors (Lipinski definition) is 1. The molecule has 0 bridgehead atoms. The fourth-order valence-electron chi connectivity index (χ4n) is 3.22. The molecular formula is C20H23N5O2S2. The molecule has 1 aliphatic rings. The van der Waals surface area contributed by atoms with Gasteiger partial charge in [0, 0.05) is 25.0 Å². The molecule has 0 saturated carbocycles. The van der Waals surface area contributed by atoms with E-state index in [2.05, 4.69) is 25.4 Å². The van der Waals surface area contributed by atoms with E-state index in [1.165, 1.54) is 23.1 Å². The van der Waals surface area contributed by atoms with Gasteiger partial charge in [0.2, 0.25) is 0 Å². The Kier molecular flexibility index (Phi) is 6.70. The van der Waals surface area contributed by atoms with E-state index >= 15 is 0 Å². The monoisotopic (exact) mass is 429 g/mol. The largest absolute Gasteiger partial charge is 0.379 e. The van der Waals surface area contributed by atoms with Gasteiger partial charge in [-0.3, -0.25) is 9.69 Å². The van der Waals surface area contributed by atoms with Crippen LogP contribution in [0.1, 0.15) is 21.8 Å². The zero-order chi connectivity index (χ0) is 20.1. The van der Waals surface area contributed by atoms with Crippen LogP contribution in [0.3, 0.4) is 0 Å². The average Bonchev–Trinajstić information content (AvgIpc) is 3.15. The Morgan fingerprint density at radius 3 is 2.90 bits per heavy atom. The number of pyridine rings is 1. The maximum Gasteiger partial charge on any atom is 0.252 e. The first-order chi connectivity index (χ1) is 14.2. The molecule has 0 atom stereocenters. The molecule has 0 radical (unpaired) electrons. The molecule has 7 nitrogen and oxygen atoms in total. The van der Waals surface area contributed by atoms with Crippen LogP contribution in [0, 0.1) is 6.92 Å². The van der Waals surface area contributed by atoms with Gasteiger partial charge < -0.3 is 10.1 Å². The zero-order valence-corrected chi connectivity index (χ0v) is 17.9. The van der Waals surface area contributed by atoms with Crippen LogP contribution in [0.25, 0.3) is 10.9 Å². The van der Waals surface area contributed by atoms with Crippen LogP contribution in [0.4, 0.5) is 0 Å². The van der Waals surface area contributed by atoms with Crippen molar-refractivity contribution in [2.24, 2.45) is 0 Å². The lowest BCUT2D eigenvalue weighted by atomic mass is 10.1. The molecule has 152 valence electrons. The van der Waals surface area contributed by atoms with Crippen molar-refractivity contribution in [2.75, 3.05) is 39.4 Å². The van der Waals surface area contributed by atoms with Gasteiger partial charge in [0.25, 0.3) is 5.91 Å². The van der Waals surface area contributed by atoms with Gasteiger partial charge in [0.15, 0.2) is 4.34 Å². The molecule has 1 aliphatic heterocycles. The second-order valence-electron chi connectivity index (χ2n) is 6.78. The summed E-state index contributed by atoms with van der Waals surface area (Å²) in [7, 11) is 0. The van der Waals surface area contributed by atoms with E-state index in [0.717, 1.165) is 64.5 Å². The van der Waals surface area contributed by atoms with Gasteiger partial charge in [0.05, 0.1) is 24.3 Å². The fraction of sp³-hybridized carbons (Fsp3) is 0.400. The number of amides is 1. The first-order valence-electron chi connectivity index (χ1n) is 9.65. The summed E-state index contributed by atoms with van der Waals surface area (Å²) in [5.74, 6) is -0.0686. The fourth-order valence-corrected chi connectivity index (χ4v) is 5.01. The minimum atomic E-state index is -0.0686. The quantitative estimate of drug-likeness (QED) is 0.578. The number of hydrogen-bond acceptors (Lipinski definition) is 8. The molecule has 29 heavy (non-hydrogen) atoms. The smallest absolute Gasteiger partial charge is 0.252 e. The maximum atomic E-state index is 12.9. The Bertz CT molecular complexity index is 988. The lowest BCUT2D eigenvalue weighted by Crippen LogP contribution is -2.38. The number of para-hydroxylation sites is 1. The predicted molar refractivity (Wildman–Crippen MR) is 115 cm³/mol. The first kappa shape index (κ1) is 20.2. The average molecular weight is 430 g/mol. The number of nitrogens with zero attached hydrogens (tertiary/aromatic N) is 4. The summed E-state index contributed by atoms with van der Waals surface area (Å²) in [5.41, 5.74) is 1.45. The molecule has 3 aromatic rings. The van der Waals surface area contributed by atoms with E-state index in [-0.39, 0.29) is 5.91 Å². The van der Waals surface area contributed by atoms with Gasteiger partial charge in [-0.15, -0.1) is 10.2 Å². The lowest BCUT2D eigenvalue weighted by Gasteiger charge is -2.26. The number of aryl methyl sites for hydroxylation is 1. The van der Waals surface area contributed by atoms with Crippen LogP contribution in [-0.2, 0) is 4.74 Å². The highest BCUT2D eigenvalue weighted by molar-refractivity contribution is 8.01. The van der Waals surface area contributed by atoms with Crippen LogP contribution >= 0.6 is 23.1 Å². The van der Waals surface area contributed by atoms with E-state index in [1.54, 1.807) is 0 Å². The minimum Gasteiger partial charge on any atom is -0.379 e. The van der Waals surface area contributed by atoms with Crippen molar-refractivity contribution >= 4 is 39.9 Å². The molecule has 4 rings (SSSR count). The van der Waals surface area contributed by atoms with Crippen molar-refractivity contribution in [3.63, 3.8) is 0 Å². The van der Waals surface area contributed by atoms with Crippen molar-refractivity contribution < 1.29 is 9.53 Å². The second-order valence-corrected chi connectivity index (χ2v) is 9.23. The molecule has 1 aromatic carbocycles. The number of carbonyl (C=O) groups excluding carboxylic acids is 1. The normalized spacial score (nSPS) is 14.9. The molecule has 9 heteroatoms. The second kappa shape index (κ2) is 9.62. The molecule has 0 spiro atoms. The van der Waals surface area contributed by atoms with E-state index in [0.29, 0.717) is 12.1 Å². The highest BCUT2D eigenvalue weighted by atomic mass is 32.2. The molecule has 3 heterocycles. The molecule has 0 unspecified atom stereocenters. The van der Waals surface area contributed by atoms with Crippen LogP contribution < -0.4 is 5.32 Å². The molecular weight excluding hydrogens is 406 g/mol. The van der Waals surface area contributed by atoms with Crippen LogP contribution in [-0.4, -0.2) is 65.4 Å². The number of rotatable bonds is 7. The molecule has 1 fully saturated rings. The Morgan fingerprint density at radius 1 is 1.28 bits per heavy atom. The predicted octanol–water partition coefficient (Wildman–Crippen LogP) is 3.00. The van der Waals surface area contributed by atoms with Crippen LogP contribution in [0.5, 0.6) is 0 Å². The Hall–Kier alpha value is -2.07. The van der Waals surface area contributed by atoms with E-state index < -0.39 is 0 Å². The SMILES string of the molecule is Cc1nnc(Sc2cc(C(=O)NCCCN3CCOCC3)c3ccccc3n2)s1. The van der Waals surface area contributed by atoms with E-state index in [4.69, 9.17) is 4.74 Å². The van der Waals surface area contributed by atoms with Crippen molar-refractivity contribution in [3.05, 3.63) is 40.9 Å². The first-order valence-corrected chi connectivity index (χ1v) is 11.3. The number of carbonyl (C=O) groups is 1. The van der Waals surface area contributed by atoms with Gasteiger partial charge >= 0.3 is 0 Å². The van der Waals surface area contributed by atoms with E-state index in [9.17, 15) is 4.79 Å². The van der Waals surface area contributed by atoms with Gasteiger partial charge in [-0.2, -0.15) is 0 Å². The summed E-state index contributed by atoms with van der Waals surface area (Å²) in [4.78, 5) is 20.0. The lowest BCUT2D eigenvalue weighted by molar-refractivity contribution is 0.0374. The highest BCUT2D eigenvalue weighted by Gasteiger charge is 2.15. The number of ether oxygens (including phenoxy) is 1. The summed E-state index contributed by atoms with van der Waals surface area (Å²) < 4.78 is 6.19. The Morgan fingerprint density at radius 2 is 2.10 bits per heavy atom. The molecule has 2 aromatic heterocycles. The third kappa shape index (κ3) is 5.30. The van der Waals surface area contributed by atoms with E-state index in [1.807, 2.05) is 37.3 Å². The Labute approximate surface area is 177 Å². The van der Waals surface area contributed by atoms with Crippen LogP contribution in [0.15, 0.2) is 39.7 Å². The van der Waals surface area contributed by atoms with Crippen molar-refractivity contribution in [2.45, 2.75) is 22.7 Å². The number of benzene rings is 1. The number of fused-ring (bicyclic) bond motifs is 1. The Balaban J connectivity index is 1.45. The summed E-state index contributed by atoms with van der Waals surface area (Å²) in [6.07, 6.45) is 0.917.